The van der Waals surface area contributed by atoms with Crippen molar-refractivity contribution in [2.24, 2.45) is 0 Å². The molecule has 5 heteroatoms. The smallest absolute Gasteiger partial charge is 0.314 e. The van der Waals surface area contributed by atoms with Crippen LogP contribution in [0.15, 0.2) is 48.5 Å². The lowest BCUT2D eigenvalue weighted by molar-refractivity contribution is 0.241. The molecule has 0 heterocycles. The summed E-state index contributed by atoms with van der Waals surface area (Å²) in [7, 11) is 0. The molecular weight excluding hydrogens is 312 g/mol. The van der Waals surface area contributed by atoms with E-state index in [1.807, 2.05) is 48.5 Å². The first-order valence-electron chi connectivity index (χ1n) is 7.63. The molecule has 0 bridgehead atoms. The van der Waals surface area contributed by atoms with Crippen LogP contribution in [0.3, 0.4) is 0 Å². The van der Waals surface area contributed by atoms with Crippen LogP contribution in [0.25, 0.3) is 0 Å². The molecule has 0 saturated carbocycles. The molecule has 0 fully saturated rings. The quantitative estimate of drug-likeness (QED) is 0.730. The third-order valence-electron chi connectivity index (χ3n) is 3.54. The monoisotopic (exact) mass is 332 g/mol. The van der Waals surface area contributed by atoms with Crippen LogP contribution >= 0.6 is 11.6 Å². The van der Waals surface area contributed by atoms with Crippen molar-refractivity contribution in [2.45, 2.75) is 19.4 Å². The van der Waals surface area contributed by atoms with Crippen LogP contribution in [-0.2, 0) is 19.4 Å². The van der Waals surface area contributed by atoms with Crippen LogP contribution in [0, 0.1) is 0 Å². The Morgan fingerprint density at radius 1 is 0.913 bits per heavy atom. The van der Waals surface area contributed by atoms with Gasteiger partial charge in [-0.2, -0.15) is 0 Å². The average molecular weight is 333 g/mol. The van der Waals surface area contributed by atoms with E-state index in [1.54, 1.807) is 0 Å². The lowest BCUT2D eigenvalue weighted by Crippen LogP contribution is -2.37. The standard InChI is InChI=1S/C18H21ClN2O2/c19-17-4-2-1-3-16(17)10-12-21-18(23)20-11-9-14-5-7-15(13-22)8-6-14/h1-8,22H,9-13H2,(H2,20,21,23). The number of halogens is 1. The molecule has 0 spiro atoms. The van der Waals surface area contributed by atoms with Crippen molar-refractivity contribution in [3.8, 4) is 0 Å². The van der Waals surface area contributed by atoms with E-state index in [-0.39, 0.29) is 12.6 Å². The fourth-order valence-electron chi connectivity index (χ4n) is 2.21. The number of aliphatic hydroxyl groups excluding tert-OH is 1. The van der Waals surface area contributed by atoms with Crippen molar-refractivity contribution >= 4 is 17.6 Å². The van der Waals surface area contributed by atoms with E-state index in [0.29, 0.717) is 19.5 Å². The Morgan fingerprint density at radius 3 is 2.17 bits per heavy atom. The number of carbonyl (C=O) groups excluding carboxylic acids is 1. The van der Waals surface area contributed by atoms with Crippen LogP contribution < -0.4 is 10.6 Å². The maximum Gasteiger partial charge on any atom is 0.314 e. The summed E-state index contributed by atoms with van der Waals surface area (Å²) >= 11 is 6.07. The van der Waals surface area contributed by atoms with Crippen LogP contribution in [0.2, 0.25) is 5.02 Å². The summed E-state index contributed by atoms with van der Waals surface area (Å²) in [5.41, 5.74) is 3.04. The summed E-state index contributed by atoms with van der Waals surface area (Å²) in [5.74, 6) is 0. The van der Waals surface area contributed by atoms with Crippen molar-refractivity contribution in [3.05, 3.63) is 70.2 Å². The Kier molecular flexibility index (Phi) is 6.91. The zero-order chi connectivity index (χ0) is 16.5. The third-order valence-corrected chi connectivity index (χ3v) is 3.91. The second-order valence-electron chi connectivity index (χ2n) is 5.25. The van der Waals surface area contributed by atoms with Gasteiger partial charge in [-0.15, -0.1) is 0 Å². The molecule has 0 radical (unpaired) electrons. The molecule has 0 aliphatic heterocycles. The molecule has 23 heavy (non-hydrogen) atoms. The first-order chi connectivity index (χ1) is 11.2. The van der Waals surface area contributed by atoms with Gasteiger partial charge >= 0.3 is 6.03 Å². The minimum absolute atomic E-state index is 0.0480. The Morgan fingerprint density at radius 2 is 1.52 bits per heavy atom. The number of amides is 2. The van der Waals surface area contributed by atoms with Gasteiger partial charge in [-0.05, 0) is 35.6 Å². The fraction of sp³-hybridized carbons (Fsp3) is 0.278. The summed E-state index contributed by atoms with van der Waals surface area (Å²) in [5, 5.41) is 15.4. The Bertz CT molecular complexity index is 629. The maximum atomic E-state index is 11.7. The third kappa shape index (κ3) is 5.93. The normalized spacial score (nSPS) is 10.3. The molecule has 0 saturated heterocycles. The van der Waals surface area contributed by atoms with Crippen LogP contribution in [0.5, 0.6) is 0 Å². The fourth-order valence-corrected chi connectivity index (χ4v) is 2.44. The second-order valence-corrected chi connectivity index (χ2v) is 5.66. The Labute approximate surface area is 141 Å². The molecule has 2 aromatic rings. The van der Waals surface area contributed by atoms with Crippen molar-refractivity contribution < 1.29 is 9.90 Å². The highest BCUT2D eigenvalue weighted by molar-refractivity contribution is 6.31. The van der Waals surface area contributed by atoms with E-state index in [4.69, 9.17) is 16.7 Å². The molecule has 2 amide bonds. The lowest BCUT2D eigenvalue weighted by atomic mass is 10.1. The summed E-state index contributed by atoms with van der Waals surface area (Å²) in [6.45, 7) is 1.16. The maximum absolute atomic E-state index is 11.7. The summed E-state index contributed by atoms with van der Waals surface area (Å²) in [6.07, 6.45) is 1.46. The number of hydrogen-bond acceptors (Lipinski definition) is 2. The van der Waals surface area contributed by atoms with Gasteiger partial charge in [0, 0.05) is 18.1 Å². The van der Waals surface area contributed by atoms with Gasteiger partial charge in [-0.25, -0.2) is 4.79 Å². The number of carbonyl (C=O) groups is 1. The number of rotatable bonds is 7. The van der Waals surface area contributed by atoms with E-state index in [1.165, 1.54) is 0 Å². The molecule has 2 aromatic carbocycles. The minimum Gasteiger partial charge on any atom is -0.392 e. The van der Waals surface area contributed by atoms with Crippen LogP contribution in [0.4, 0.5) is 4.79 Å². The molecule has 3 N–H and O–H groups in total. The largest absolute Gasteiger partial charge is 0.392 e. The lowest BCUT2D eigenvalue weighted by Gasteiger charge is -2.09. The van der Waals surface area contributed by atoms with E-state index in [9.17, 15) is 4.79 Å². The van der Waals surface area contributed by atoms with Crippen LogP contribution in [0.1, 0.15) is 16.7 Å². The van der Waals surface area contributed by atoms with Gasteiger partial charge in [0.25, 0.3) is 0 Å². The highest BCUT2D eigenvalue weighted by Gasteiger charge is 2.02. The van der Waals surface area contributed by atoms with Crippen molar-refractivity contribution in [2.75, 3.05) is 13.1 Å². The Hall–Kier alpha value is -2.04. The molecule has 122 valence electrons. The molecule has 0 unspecified atom stereocenters. The van der Waals surface area contributed by atoms with Gasteiger partial charge in [-0.1, -0.05) is 54.1 Å². The van der Waals surface area contributed by atoms with Gasteiger partial charge in [0.05, 0.1) is 6.61 Å². The second kappa shape index (κ2) is 9.18. The van der Waals surface area contributed by atoms with E-state index in [0.717, 1.165) is 28.1 Å². The molecule has 0 aliphatic carbocycles. The van der Waals surface area contributed by atoms with Crippen molar-refractivity contribution in [3.63, 3.8) is 0 Å². The highest BCUT2D eigenvalue weighted by atomic mass is 35.5. The first kappa shape index (κ1) is 17.3. The molecule has 0 atom stereocenters. The number of aliphatic hydroxyl groups is 1. The van der Waals surface area contributed by atoms with Crippen molar-refractivity contribution in [1.29, 1.82) is 0 Å². The van der Waals surface area contributed by atoms with Crippen molar-refractivity contribution in [1.82, 2.24) is 10.6 Å². The van der Waals surface area contributed by atoms with Gasteiger partial charge in [0.1, 0.15) is 0 Å². The van der Waals surface area contributed by atoms with Crippen LogP contribution in [-0.4, -0.2) is 24.2 Å². The zero-order valence-corrected chi connectivity index (χ0v) is 13.6. The summed E-state index contributed by atoms with van der Waals surface area (Å²) in [6, 6.07) is 15.1. The highest BCUT2D eigenvalue weighted by Crippen LogP contribution is 2.14. The molecular formula is C18H21ClN2O2. The van der Waals surface area contributed by atoms with E-state index in [2.05, 4.69) is 10.6 Å². The van der Waals surface area contributed by atoms with Gasteiger partial charge in [0.15, 0.2) is 0 Å². The molecule has 0 aromatic heterocycles. The first-order valence-corrected chi connectivity index (χ1v) is 8.00. The molecule has 2 rings (SSSR count). The number of hydrogen-bond donors (Lipinski definition) is 3. The topological polar surface area (TPSA) is 61.4 Å². The Balaban J connectivity index is 1.64. The number of benzene rings is 2. The van der Waals surface area contributed by atoms with Gasteiger partial charge in [-0.3, -0.25) is 0 Å². The van der Waals surface area contributed by atoms with E-state index < -0.39 is 0 Å². The molecule has 4 nitrogen and oxygen atoms in total. The minimum atomic E-state index is -0.177. The summed E-state index contributed by atoms with van der Waals surface area (Å²) in [4.78, 5) is 11.7. The predicted octanol–water partition coefficient (Wildman–Crippen LogP) is 2.92. The number of nitrogens with one attached hydrogen (secondary N) is 2. The molecule has 0 aliphatic rings. The van der Waals surface area contributed by atoms with Gasteiger partial charge < -0.3 is 15.7 Å². The van der Waals surface area contributed by atoms with Gasteiger partial charge in [0.2, 0.25) is 0 Å². The zero-order valence-electron chi connectivity index (χ0n) is 12.9. The number of urea groups is 1. The SMILES string of the molecule is O=C(NCCc1ccc(CO)cc1)NCCc1ccccc1Cl. The summed E-state index contributed by atoms with van der Waals surface area (Å²) < 4.78 is 0. The van der Waals surface area contributed by atoms with E-state index >= 15 is 0 Å². The predicted molar refractivity (Wildman–Crippen MR) is 92.6 cm³/mol. The average Bonchev–Trinajstić information content (AvgIpc) is 2.57.